The highest BCUT2D eigenvalue weighted by Gasteiger charge is 2.29. The third-order valence-electron chi connectivity index (χ3n) is 4.12. The summed E-state index contributed by atoms with van der Waals surface area (Å²) >= 11 is 1.80. The monoisotopic (exact) mass is 350 g/mol. The predicted octanol–water partition coefficient (Wildman–Crippen LogP) is 1.34. The number of benzene rings is 1. The summed E-state index contributed by atoms with van der Waals surface area (Å²) in [5, 5.41) is 2.92. The van der Waals surface area contributed by atoms with Crippen molar-refractivity contribution in [3.8, 4) is 0 Å². The van der Waals surface area contributed by atoms with Crippen LogP contribution in [0.15, 0.2) is 30.3 Å². The summed E-state index contributed by atoms with van der Waals surface area (Å²) in [4.78, 5) is 26.0. The number of quaternary nitrogens is 1. The molecule has 0 aromatic heterocycles. The van der Waals surface area contributed by atoms with Gasteiger partial charge in [0.05, 0.1) is 27.2 Å². The molecule has 1 fully saturated rings. The molecule has 0 spiro atoms. The number of nitrogens with zero attached hydrogens (tertiary/aromatic N) is 2. The standard InChI is InChI=1S/C18H27N3O2S/c1-21(2)11-6-10-20(18(23)14-21)13-17(22)19-9-12-24-15-16-7-4-3-5-8-16/h3-5,7-8H,6,9-15H2,1-2H3/p+1. The second kappa shape index (κ2) is 9.08. The van der Waals surface area contributed by atoms with Crippen molar-refractivity contribution in [3.05, 3.63) is 35.9 Å². The highest BCUT2D eigenvalue weighted by Crippen LogP contribution is 2.11. The zero-order valence-corrected chi connectivity index (χ0v) is 15.5. The van der Waals surface area contributed by atoms with E-state index in [-0.39, 0.29) is 18.4 Å². The summed E-state index contributed by atoms with van der Waals surface area (Å²) in [5.74, 6) is 1.84. The molecule has 5 nitrogen and oxygen atoms in total. The summed E-state index contributed by atoms with van der Waals surface area (Å²) in [6.45, 7) is 2.94. The van der Waals surface area contributed by atoms with Crippen molar-refractivity contribution in [2.24, 2.45) is 0 Å². The Hall–Kier alpha value is -1.53. The van der Waals surface area contributed by atoms with Gasteiger partial charge in [0.25, 0.3) is 5.91 Å². The van der Waals surface area contributed by atoms with Crippen LogP contribution >= 0.6 is 11.8 Å². The van der Waals surface area contributed by atoms with Gasteiger partial charge in [-0.2, -0.15) is 11.8 Å². The fraction of sp³-hybridized carbons (Fsp3) is 0.556. The minimum Gasteiger partial charge on any atom is -0.354 e. The zero-order chi connectivity index (χ0) is 17.4. The van der Waals surface area contributed by atoms with E-state index in [0.29, 0.717) is 24.1 Å². The van der Waals surface area contributed by atoms with E-state index < -0.39 is 0 Å². The molecular formula is C18H28N3O2S+. The first-order chi connectivity index (χ1) is 11.5. The average molecular weight is 351 g/mol. The number of nitrogens with one attached hydrogen (secondary N) is 1. The highest BCUT2D eigenvalue weighted by molar-refractivity contribution is 7.98. The third kappa shape index (κ3) is 6.53. The molecule has 2 amide bonds. The summed E-state index contributed by atoms with van der Waals surface area (Å²) < 4.78 is 0.701. The molecule has 1 N–H and O–H groups in total. The van der Waals surface area contributed by atoms with Gasteiger partial charge in [-0.05, 0) is 5.56 Å². The van der Waals surface area contributed by atoms with Gasteiger partial charge in [-0.25, -0.2) is 0 Å². The Labute approximate surface area is 149 Å². The molecule has 0 saturated carbocycles. The van der Waals surface area contributed by atoms with Crippen molar-refractivity contribution in [2.45, 2.75) is 12.2 Å². The minimum atomic E-state index is -0.0594. The molecule has 0 bridgehead atoms. The minimum absolute atomic E-state index is 0.0594. The van der Waals surface area contributed by atoms with Crippen LogP contribution in [0.2, 0.25) is 0 Å². The predicted molar refractivity (Wildman–Crippen MR) is 98.7 cm³/mol. The van der Waals surface area contributed by atoms with Crippen molar-refractivity contribution in [1.82, 2.24) is 10.2 Å². The first kappa shape index (κ1) is 18.8. The van der Waals surface area contributed by atoms with Crippen molar-refractivity contribution in [3.63, 3.8) is 0 Å². The fourth-order valence-electron chi connectivity index (χ4n) is 2.78. The van der Waals surface area contributed by atoms with E-state index >= 15 is 0 Å². The van der Waals surface area contributed by atoms with Gasteiger partial charge in [-0.3, -0.25) is 9.59 Å². The molecule has 1 heterocycles. The van der Waals surface area contributed by atoms with Gasteiger partial charge < -0.3 is 14.7 Å². The Morgan fingerprint density at radius 2 is 2.04 bits per heavy atom. The Morgan fingerprint density at radius 1 is 1.29 bits per heavy atom. The zero-order valence-electron chi connectivity index (χ0n) is 14.7. The van der Waals surface area contributed by atoms with E-state index in [2.05, 4.69) is 31.5 Å². The fourth-order valence-corrected chi connectivity index (χ4v) is 3.60. The second-order valence-corrected chi connectivity index (χ2v) is 7.98. The van der Waals surface area contributed by atoms with Gasteiger partial charge >= 0.3 is 0 Å². The number of rotatable bonds is 7. The van der Waals surface area contributed by atoms with Gasteiger partial charge in [-0.15, -0.1) is 0 Å². The molecule has 0 unspecified atom stereocenters. The maximum atomic E-state index is 12.2. The summed E-state index contributed by atoms with van der Waals surface area (Å²) in [5.41, 5.74) is 1.30. The van der Waals surface area contributed by atoms with Gasteiger partial charge in [-0.1, -0.05) is 30.3 Å². The van der Waals surface area contributed by atoms with E-state index in [9.17, 15) is 9.59 Å². The lowest BCUT2D eigenvalue weighted by Gasteiger charge is -2.26. The number of carbonyl (C=O) groups is 2. The molecule has 24 heavy (non-hydrogen) atoms. The van der Waals surface area contributed by atoms with Crippen LogP contribution in [0.4, 0.5) is 0 Å². The molecule has 0 atom stereocenters. The Balaban J connectivity index is 1.63. The van der Waals surface area contributed by atoms with Crippen molar-refractivity contribution < 1.29 is 14.1 Å². The SMILES string of the molecule is C[N+]1(C)CCCN(CC(=O)NCCSCc2ccccc2)C(=O)C1. The van der Waals surface area contributed by atoms with E-state index in [0.717, 1.165) is 24.5 Å². The first-order valence-electron chi connectivity index (χ1n) is 8.44. The molecule has 1 aliphatic rings. The van der Waals surface area contributed by atoms with Crippen LogP contribution in [0.5, 0.6) is 0 Å². The van der Waals surface area contributed by atoms with E-state index in [1.807, 2.05) is 18.2 Å². The maximum Gasteiger partial charge on any atom is 0.278 e. The van der Waals surface area contributed by atoms with Crippen LogP contribution in [-0.4, -0.2) is 73.8 Å². The topological polar surface area (TPSA) is 49.4 Å². The second-order valence-electron chi connectivity index (χ2n) is 6.87. The number of amides is 2. The molecule has 1 aromatic rings. The van der Waals surface area contributed by atoms with E-state index in [1.165, 1.54) is 5.56 Å². The van der Waals surface area contributed by atoms with Gasteiger partial charge in [0.2, 0.25) is 5.91 Å². The molecule has 1 saturated heterocycles. The van der Waals surface area contributed by atoms with Crippen molar-refractivity contribution in [1.29, 1.82) is 0 Å². The maximum absolute atomic E-state index is 12.2. The van der Waals surface area contributed by atoms with Crippen LogP contribution < -0.4 is 5.32 Å². The number of hydrogen-bond donors (Lipinski definition) is 1. The van der Waals surface area contributed by atoms with Crippen LogP contribution in [-0.2, 0) is 15.3 Å². The third-order valence-corrected chi connectivity index (χ3v) is 5.15. The molecule has 132 valence electrons. The lowest BCUT2D eigenvalue weighted by atomic mass is 10.2. The first-order valence-corrected chi connectivity index (χ1v) is 9.60. The molecular weight excluding hydrogens is 322 g/mol. The Morgan fingerprint density at radius 3 is 2.79 bits per heavy atom. The summed E-state index contributed by atoms with van der Waals surface area (Å²) in [6, 6.07) is 10.3. The van der Waals surface area contributed by atoms with Crippen LogP contribution in [0.25, 0.3) is 0 Å². The molecule has 2 rings (SSSR count). The number of hydrogen-bond acceptors (Lipinski definition) is 3. The van der Waals surface area contributed by atoms with Gasteiger partial charge in [0, 0.05) is 31.0 Å². The summed E-state index contributed by atoms with van der Waals surface area (Å²) in [7, 11) is 4.12. The normalized spacial score (nSPS) is 17.4. The van der Waals surface area contributed by atoms with E-state index in [4.69, 9.17) is 0 Å². The van der Waals surface area contributed by atoms with Gasteiger partial charge in [0.15, 0.2) is 6.54 Å². The number of thioether (sulfide) groups is 1. The van der Waals surface area contributed by atoms with Crippen LogP contribution in [0.1, 0.15) is 12.0 Å². The molecule has 1 aliphatic heterocycles. The molecule has 6 heteroatoms. The largest absolute Gasteiger partial charge is 0.354 e. The molecule has 0 aliphatic carbocycles. The van der Waals surface area contributed by atoms with Gasteiger partial charge in [0.1, 0.15) is 0 Å². The quantitative estimate of drug-likeness (QED) is 0.596. The Kier molecular flexibility index (Phi) is 7.12. The molecule has 1 aromatic carbocycles. The Bertz CT molecular complexity index is 548. The smallest absolute Gasteiger partial charge is 0.278 e. The van der Waals surface area contributed by atoms with Crippen LogP contribution in [0, 0.1) is 0 Å². The summed E-state index contributed by atoms with van der Waals surface area (Å²) in [6.07, 6.45) is 0.943. The van der Waals surface area contributed by atoms with Crippen molar-refractivity contribution in [2.75, 3.05) is 52.6 Å². The van der Waals surface area contributed by atoms with Crippen molar-refractivity contribution >= 4 is 23.6 Å². The highest BCUT2D eigenvalue weighted by atomic mass is 32.2. The lowest BCUT2D eigenvalue weighted by Crippen LogP contribution is -2.47. The number of carbonyl (C=O) groups excluding carboxylic acids is 2. The van der Waals surface area contributed by atoms with E-state index in [1.54, 1.807) is 16.7 Å². The number of likely N-dealkylation sites (N-methyl/N-ethyl adjacent to an activating group) is 1. The van der Waals surface area contributed by atoms with Crippen LogP contribution in [0.3, 0.4) is 0 Å². The average Bonchev–Trinajstić information content (AvgIpc) is 2.66. The molecule has 0 radical (unpaired) electrons. The lowest BCUT2D eigenvalue weighted by molar-refractivity contribution is -0.881.